The number of rotatable bonds is 11. The van der Waals surface area contributed by atoms with E-state index in [4.69, 9.17) is 16.6 Å². The van der Waals surface area contributed by atoms with E-state index < -0.39 is 17.5 Å². The predicted octanol–water partition coefficient (Wildman–Crippen LogP) is 4.78. The van der Waals surface area contributed by atoms with Crippen LogP contribution in [0, 0.1) is 5.92 Å². The number of likely N-dealkylation sites (N-methyl/N-ethyl adjacent to an activating group) is 1. The lowest BCUT2D eigenvalue weighted by Gasteiger charge is -2.31. The van der Waals surface area contributed by atoms with Gasteiger partial charge in [0.1, 0.15) is 17.6 Å². The van der Waals surface area contributed by atoms with Gasteiger partial charge in [-0.2, -0.15) is 5.10 Å². The Hall–Kier alpha value is -4.18. The number of hydrogen-bond donors (Lipinski definition) is 4. The predicted molar refractivity (Wildman–Crippen MR) is 168 cm³/mol. The molecule has 2 heterocycles. The molecule has 0 aliphatic rings. The first-order valence-corrected chi connectivity index (χ1v) is 14.8. The van der Waals surface area contributed by atoms with Crippen molar-refractivity contribution in [2.45, 2.75) is 65.0 Å². The zero-order chi connectivity index (χ0) is 31.5. The lowest BCUT2D eigenvalue weighted by Crippen LogP contribution is -2.50. The van der Waals surface area contributed by atoms with Crippen molar-refractivity contribution in [2.75, 3.05) is 6.54 Å². The molecule has 3 atom stereocenters. The smallest absolute Gasteiger partial charge is 0.270 e. The van der Waals surface area contributed by atoms with Crippen molar-refractivity contribution in [2.24, 2.45) is 13.0 Å². The fraction of sp³-hybridized carbons (Fsp3) is 0.406. The van der Waals surface area contributed by atoms with Crippen molar-refractivity contribution in [3.8, 4) is 0 Å². The summed E-state index contributed by atoms with van der Waals surface area (Å²) in [6.07, 6.45) is 1.58. The second kappa shape index (κ2) is 13.0. The first-order valence-electron chi connectivity index (χ1n) is 14.5. The summed E-state index contributed by atoms with van der Waals surface area (Å²) in [6, 6.07) is 13.7. The molecule has 0 aliphatic heterocycles. The van der Waals surface area contributed by atoms with Crippen molar-refractivity contribution in [3.63, 3.8) is 0 Å². The maximum Gasteiger partial charge on any atom is 0.270 e. The highest BCUT2D eigenvalue weighted by molar-refractivity contribution is 6.31. The number of aromatic amines is 1. The Bertz CT molecular complexity index is 1620. The van der Waals surface area contributed by atoms with Gasteiger partial charge in [-0.25, -0.2) is 4.98 Å². The number of aromatic nitrogens is 4. The van der Waals surface area contributed by atoms with Crippen LogP contribution in [0.2, 0.25) is 5.02 Å². The van der Waals surface area contributed by atoms with Crippen LogP contribution < -0.4 is 16.0 Å². The van der Waals surface area contributed by atoms with Gasteiger partial charge in [0.25, 0.3) is 5.91 Å². The normalized spacial score (nSPS) is 13.9. The molecule has 2 aromatic heterocycles. The zero-order valence-electron chi connectivity index (χ0n) is 25.7. The van der Waals surface area contributed by atoms with Gasteiger partial charge in [0.2, 0.25) is 11.8 Å². The highest BCUT2D eigenvalue weighted by Crippen LogP contribution is 2.40. The molecule has 0 aliphatic carbocycles. The van der Waals surface area contributed by atoms with Crippen molar-refractivity contribution in [3.05, 3.63) is 82.4 Å². The number of fused-ring (bicyclic) bond motifs is 1. The fourth-order valence-electron chi connectivity index (χ4n) is 5.28. The SMILES string of the molecule is CCNC(=O)[C@@H](C)NC(=O)C(C)(C)c1ccc2nc(C(NC(=O)c3ccnn3C)C(c3ccccc3Cl)C(C)C)[nH]c2c1. The van der Waals surface area contributed by atoms with Crippen LogP contribution in [-0.2, 0) is 22.1 Å². The maximum absolute atomic E-state index is 13.5. The van der Waals surface area contributed by atoms with E-state index in [1.165, 1.54) is 4.68 Å². The summed E-state index contributed by atoms with van der Waals surface area (Å²) in [6.45, 7) is 11.8. The first kappa shape index (κ1) is 31.7. The van der Waals surface area contributed by atoms with Crippen LogP contribution in [0.1, 0.15) is 80.9 Å². The summed E-state index contributed by atoms with van der Waals surface area (Å²) in [5, 5.41) is 13.5. The molecule has 0 fully saturated rings. The van der Waals surface area contributed by atoms with Crippen LogP contribution in [-0.4, -0.2) is 50.1 Å². The summed E-state index contributed by atoms with van der Waals surface area (Å²) in [7, 11) is 1.72. The first-order chi connectivity index (χ1) is 20.3. The molecule has 4 rings (SSSR count). The highest BCUT2D eigenvalue weighted by Gasteiger charge is 2.35. The van der Waals surface area contributed by atoms with Crippen molar-refractivity contribution in [1.29, 1.82) is 0 Å². The number of H-pyrrole nitrogens is 1. The Labute approximate surface area is 257 Å². The summed E-state index contributed by atoms with van der Waals surface area (Å²) < 4.78 is 1.52. The number of amides is 3. The minimum absolute atomic E-state index is 0.0787. The molecule has 0 saturated carbocycles. The molecule has 11 heteroatoms. The van der Waals surface area contributed by atoms with Gasteiger partial charge >= 0.3 is 0 Å². The molecule has 0 bridgehead atoms. The lowest BCUT2D eigenvalue weighted by molar-refractivity contribution is -0.131. The molecule has 2 aromatic carbocycles. The number of hydrogen-bond acceptors (Lipinski definition) is 5. The monoisotopic (exact) mass is 605 g/mol. The van der Waals surface area contributed by atoms with Crippen LogP contribution in [0.5, 0.6) is 0 Å². The summed E-state index contributed by atoms with van der Waals surface area (Å²) in [4.78, 5) is 47.3. The Morgan fingerprint density at radius 3 is 2.40 bits per heavy atom. The number of imidazole rings is 1. The van der Waals surface area contributed by atoms with Crippen LogP contribution in [0.25, 0.3) is 11.0 Å². The lowest BCUT2D eigenvalue weighted by atomic mass is 9.81. The quantitative estimate of drug-likeness (QED) is 0.195. The average molecular weight is 606 g/mol. The zero-order valence-corrected chi connectivity index (χ0v) is 26.4. The fourth-order valence-corrected chi connectivity index (χ4v) is 5.54. The van der Waals surface area contributed by atoms with E-state index in [2.05, 4.69) is 39.9 Å². The van der Waals surface area contributed by atoms with E-state index in [1.54, 1.807) is 26.2 Å². The Balaban J connectivity index is 1.73. The van der Waals surface area contributed by atoms with E-state index in [-0.39, 0.29) is 29.6 Å². The van der Waals surface area contributed by atoms with Gasteiger partial charge in [-0.05, 0) is 69.0 Å². The van der Waals surface area contributed by atoms with E-state index in [0.717, 1.165) is 11.1 Å². The number of aryl methyl sites for hydroxylation is 1. The Kier molecular flexibility index (Phi) is 9.59. The minimum Gasteiger partial charge on any atom is -0.355 e. The van der Waals surface area contributed by atoms with Gasteiger partial charge in [-0.3, -0.25) is 19.1 Å². The standard InChI is InChI=1S/C32H40ClN7O3/c1-8-34-29(41)19(4)36-31(43)32(5,6)20-13-14-23-24(17-20)38-28(37-23)27(39-30(42)25-15-16-35-40(25)7)26(18(2)3)21-11-9-10-12-22(21)33/h9-19,26-27H,8H2,1-7H3,(H,34,41)(H,36,43)(H,37,38)(H,39,42)/t19-,26?,27?/m1/s1. The molecule has 0 radical (unpaired) electrons. The van der Waals surface area contributed by atoms with Crippen LogP contribution in [0.3, 0.4) is 0 Å². The van der Waals surface area contributed by atoms with Gasteiger partial charge in [0, 0.05) is 30.7 Å². The van der Waals surface area contributed by atoms with E-state index in [0.29, 0.717) is 34.1 Å². The number of carbonyl (C=O) groups excluding carboxylic acids is 3. The summed E-state index contributed by atoms with van der Waals surface area (Å²) >= 11 is 6.69. The third kappa shape index (κ3) is 6.74. The summed E-state index contributed by atoms with van der Waals surface area (Å²) in [5.41, 5.74) is 2.52. The third-order valence-corrected chi connectivity index (χ3v) is 8.20. The largest absolute Gasteiger partial charge is 0.355 e. The van der Waals surface area contributed by atoms with Crippen molar-refractivity contribution in [1.82, 2.24) is 35.7 Å². The number of benzene rings is 2. The third-order valence-electron chi connectivity index (χ3n) is 7.86. The van der Waals surface area contributed by atoms with Gasteiger partial charge in [0.15, 0.2) is 0 Å². The molecular formula is C32H40ClN7O3. The second-order valence-corrected chi connectivity index (χ2v) is 12.1. The summed E-state index contributed by atoms with van der Waals surface area (Å²) in [5.74, 6) is -0.377. The number of nitrogens with one attached hydrogen (secondary N) is 4. The van der Waals surface area contributed by atoms with E-state index >= 15 is 0 Å². The Morgan fingerprint density at radius 1 is 1.05 bits per heavy atom. The molecule has 10 nitrogen and oxygen atoms in total. The van der Waals surface area contributed by atoms with Crippen LogP contribution >= 0.6 is 11.6 Å². The molecule has 43 heavy (non-hydrogen) atoms. The highest BCUT2D eigenvalue weighted by atomic mass is 35.5. The Morgan fingerprint density at radius 2 is 1.77 bits per heavy atom. The topological polar surface area (TPSA) is 134 Å². The van der Waals surface area contributed by atoms with Crippen molar-refractivity contribution < 1.29 is 14.4 Å². The molecular weight excluding hydrogens is 566 g/mol. The van der Waals surface area contributed by atoms with Gasteiger partial charge < -0.3 is 20.9 Å². The number of nitrogens with zero attached hydrogens (tertiary/aromatic N) is 3. The molecule has 228 valence electrons. The van der Waals surface area contributed by atoms with Gasteiger partial charge in [0.05, 0.1) is 22.5 Å². The van der Waals surface area contributed by atoms with Crippen LogP contribution in [0.15, 0.2) is 54.7 Å². The molecule has 2 unspecified atom stereocenters. The number of halogens is 1. The van der Waals surface area contributed by atoms with Crippen LogP contribution in [0.4, 0.5) is 0 Å². The maximum atomic E-state index is 13.5. The minimum atomic E-state index is -0.939. The molecule has 3 amide bonds. The molecule has 4 aromatic rings. The second-order valence-electron chi connectivity index (χ2n) is 11.7. The average Bonchev–Trinajstić information content (AvgIpc) is 3.59. The molecule has 0 spiro atoms. The van der Waals surface area contributed by atoms with Gasteiger partial charge in [-0.15, -0.1) is 0 Å². The molecule has 0 saturated heterocycles. The van der Waals surface area contributed by atoms with Crippen molar-refractivity contribution >= 4 is 40.4 Å². The number of carbonyl (C=O) groups is 3. The van der Waals surface area contributed by atoms with E-state index in [9.17, 15) is 14.4 Å². The van der Waals surface area contributed by atoms with Gasteiger partial charge in [-0.1, -0.05) is 49.7 Å². The van der Waals surface area contributed by atoms with E-state index in [1.807, 2.05) is 63.2 Å². The molecule has 4 N–H and O–H groups in total.